The number of hydrogen-bond acceptors (Lipinski definition) is 3. The van der Waals surface area contributed by atoms with Crippen molar-refractivity contribution in [2.24, 2.45) is 5.92 Å². The molecule has 0 saturated carbocycles. The lowest BCUT2D eigenvalue weighted by Crippen LogP contribution is -2.52. The molecule has 0 aromatic heterocycles. The second-order valence-corrected chi connectivity index (χ2v) is 5.19. The fourth-order valence-corrected chi connectivity index (χ4v) is 2.82. The van der Waals surface area contributed by atoms with Crippen LogP contribution in [-0.4, -0.2) is 62.2 Å². The van der Waals surface area contributed by atoms with Gasteiger partial charge < -0.3 is 10.2 Å². The second-order valence-electron chi connectivity index (χ2n) is 5.19. The minimum Gasteiger partial charge on any atom is -0.316 e. The maximum atomic E-state index is 3.53. The molecule has 0 radical (unpaired) electrons. The van der Waals surface area contributed by atoms with E-state index in [9.17, 15) is 0 Å². The normalized spacial score (nSPS) is 32.8. The fourth-order valence-electron chi connectivity index (χ4n) is 2.82. The highest BCUT2D eigenvalue weighted by Crippen LogP contribution is 2.19. The first kappa shape index (κ1) is 11.4. The van der Waals surface area contributed by atoms with E-state index in [0.29, 0.717) is 0 Å². The Morgan fingerprint density at radius 2 is 1.93 bits per heavy atom. The highest BCUT2D eigenvalue weighted by Gasteiger charge is 2.26. The summed E-state index contributed by atoms with van der Waals surface area (Å²) in [5.41, 5.74) is 0. The van der Waals surface area contributed by atoms with Crippen molar-refractivity contribution < 1.29 is 0 Å². The predicted molar refractivity (Wildman–Crippen MR) is 64.1 cm³/mol. The summed E-state index contributed by atoms with van der Waals surface area (Å²) < 4.78 is 0. The molecule has 0 bridgehead atoms. The Morgan fingerprint density at radius 1 is 1.20 bits per heavy atom. The molecule has 1 N–H and O–H groups in total. The standard InChI is InChI=1S/C12H25N3/c1-11(12-4-3-5-13-10-12)15-8-6-14(2)7-9-15/h11-13H,3-10H2,1-2H3. The summed E-state index contributed by atoms with van der Waals surface area (Å²) in [5, 5.41) is 3.53. The summed E-state index contributed by atoms with van der Waals surface area (Å²) >= 11 is 0. The number of likely N-dealkylation sites (N-methyl/N-ethyl adjacent to an activating group) is 1. The molecule has 2 heterocycles. The number of nitrogens with zero attached hydrogens (tertiary/aromatic N) is 2. The van der Waals surface area contributed by atoms with Gasteiger partial charge in [0.05, 0.1) is 0 Å². The van der Waals surface area contributed by atoms with Gasteiger partial charge in [0.2, 0.25) is 0 Å². The molecule has 15 heavy (non-hydrogen) atoms. The van der Waals surface area contributed by atoms with E-state index in [2.05, 4.69) is 29.1 Å². The summed E-state index contributed by atoms with van der Waals surface area (Å²) in [6, 6.07) is 0.770. The van der Waals surface area contributed by atoms with Gasteiger partial charge in [0.1, 0.15) is 0 Å². The number of rotatable bonds is 2. The molecule has 2 unspecified atom stereocenters. The van der Waals surface area contributed by atoms with Crippen LogP contribution in [0.3, 0.4) is 0 Å². The van der Waals surface area contributed by atoms with E-state index in [1.165, 1.54) is 52.1 Å². The Hall–Kier alpha value is -0.120. The zero-order valence-electron chi connectivity index (χ0n) is 10.2. The van der Waals surface area contributed by atoms with Crippen molar-refractivity contribution in [1.82, 2.24) is 15.1 Å². The molecule has 2 rings (SSSR count). The zero-order chi connectivity index (χ0) is 10.7. The second kappa shape index (κ2) is 5.28. The van der Waals surface area contributed by atoms with Gasteiger partial charge in [-0.1, -0.05) is 0 Å². The molecular weight excluding hydrogens is 186 g/mol. The molecule has 2 atom stereocenters. The first-order valence-electron chi connectivity index (χ1n) is 6.40. The van der Waals surface area contributed by atoms with Crippen LogP contribution in [0.1, 0.15) is 19.8 Å². The quantitative estimate of drug-likeness (QED) is 0.722. The third kappa shape index (κ3) is 2.92. The Balaban J connectivity index is 1.81. The molecule has 2 fully saturated rings. The van der Waals surface area contributed by atoms with Gasteiger partial charge in [0.25, 0.3) is 0 Å². The van der Waals surface area contributed by atoms with Gasteiger partial charge >= 0.3 is 0 Å². The highest BCUT2D eigenvalue weighted by molar-refractivity contribution is 4.83. The third-order valence-electron chi connectivity index (χ3n) is 4.13. The summed E-state index contributed by atoms with van der Waals surface area (Å²) in [5.74, 6) is 0.877. The van der Waals surface area contributed by atoms with Crippen LogP contribution in [0.25, 0.3) is 0 Å². The topological polar surface area (TPSA) is 18.5 Å². The molecule has 3 nitrogen and oxygen atoms in total. The van der Waals surface area contributed by atoms with E-state index >= 15 is 0 Å². The van der Waals surface area contributed by atoms with Crippen LogP contribution in [0.15, 0.2) is 0 Å². The number of nitrogens with one attached hydrogen (secondary N) is 1. The maximum absolute atomic E-state index is 3.53. The highest BCUT2D eigenvalue weighted by atomic mass is 15.3. The van der Waals surface area contributed by atoms with Crippen molar-refractivity contribution >= 4 is 0 Å². The van der Waals surface area contributed by atoms with Crippen LogP contribution in [0, 0.1) is 5.92 Å². The molecular formula is C12H25N3. The summed E-state index contributed by atoms with van der Waals surface area (Å²) in [6.07, 6.45) is 2.78. The van der Waals surface area contributed by atoms with E-state index in [1.807, 2.05) is 0 Å². The first-order valence-corrected chi connectivity index (χ1v) is 6.40. The van der Waals surface area contributed by atoms with E-state index in [4.69, 9.17) is 0 Å². The van der Waals surface area contributed by atoms with Crippen LogP contribution in [0.5, 0.6) is 0 Å². The number of hydrogen-bond donors (Lipinski definition) is 1. The molecule has 0 aromatic rings. The SMILES string of the molecule is CC(C1CCCNC1)N1CCN(C)CC1. The fraction of sp³-hybridized carbons (Fsp3) is 1.00. The number of piperazine rings is 1. The number of piperidine rings is 1. The molecule has 0 amide bonds. The summed E-state index contributed by atoms with van der Waals surface area (Å²) in [4.78, 5) is 5.11. The first-order chi connectivity index (χ1) is 7.27. The summed E-state index contributed by atoms with van der Waals surface area (Å²) in [6.45, 7) is 9.87. The van der Waals surface area contributed by atoms with E-state index in [0.717, 1.165) is 12.0 Å². The van der Waals surface area contributed by atoms with E-state index < -0.39 is 0 Å². The van der Waals surface area contributed by atoms with Crippen molar-refractivity contribution in [2.75, 3.05) is 46.3 Å². The Morgan fingerprint density at radius 3 is 2.53 bits per heavy atom. The lowest BCUT2D eigenvalue weighted by molar-refractivity contribution is 0.0810. The van der Waals surface area contributed by atoms with Crippen LogP contribution >= 0.6 is 0 Å². The molecule has 0 spiro atoms. The van der Waals surface area contributed by atoms with Crippen LogP contribution in [0.4, 0.5) is 0 Å². The van der Waals surface area contributed by atoms with Crippen molar-refractivity contribution in [3.8, 4) is 0 Å². The molecule has 2 aliphatic rings. The Bertz CT molecular complexity index is 181. The van der Waals surface area contributed by atoms with Crippen LogP contribution < -0.4 is 5.32 Å². The van der Waals surface area contributed by atoms with Crippen LogP contribution in [-0.2, 0) is 0 Å². The monoisotopic (exact) mass is 211 g/mol. The lowest BCUT2D eigenvalue weighted by Gasteiger charge is -2.41. The van der Waals surface area contributed by atoms with Crippen molar-refractivity contribution in [1.29, 1.82) is 0 Å². The van der Waals surface area contributed by atoms with E-state index in [1.54, 1.807) is 0 Å². The van der Waals surface area contributed by atoms with Gasteiger partial charge in [-0.2, -0.15) is 0 Å². The molecule has 88 valence electrons. The van der Waals surface area contributed by atoms with Gasteiger partial charge in [0, 0.05) is 32.2 Å². The molecule has 2 aliphatic heterocycles. The minimum atomic E-state index is 0.770. The van der Waals surface area contributed by atoms with Gasteiger partial charge in [-0.15, -0.1) is 0 Å². The average molecular weight is 211 g/mol. The molecule has 0 aromatic carbocycles. The zero-order valence-corrected chi connectivity index (χ0v) is 10.2. The van der Waals surface area contributed by atoms with Crippen molar-refractivity contribution in [3.63, 3.8) is 0 Å². The van der Waals surface area contributed by atoms with Gasteiger partial charge in [0.15, 0.2) is 0 Å². The summed E-state index contributed by atoms with van der Waals surface area (Å²) in [7, 11) is 2.23. The largest absolute Gasteiger partial charge is 0.316 e. The van der Waals surface area contributed by atoms with Gasteiger partial charge in [-0.3, -0.25) is 4.90 Å². The Labute approximate surface area is 93.8 Å². The third-order valence-corrected chi connectivity index (χ3v) is 4.13. The van der Waals surface area contributed by atoms with Crippen molar-refractivity contribution in [2.45, 2.75) is 25.8 Å². The van der Waals surface area contributed by atoms with Gasteiger partial charge in [-0.05, 0) is 45.8 Å². The maximum Gasteiger partial charge on any atom is 0.0113 e. The van der Waals surface area contributed by atoms with Crippen molar-refractivity contribution in [3.05, 3.63) is 0 Å². The van der Waals surface area contributed by atoms with E-state index in [-0.39, 0.29) is 0 Å². The predicted octanol–water partition coefficient (Wildman–Crippen LogP) is 0.622. The minimum absolute atomic E-state index is 0.770. The van der Waals surface area contributed by atoms with Crippen LogP contribution in [0.2, 0.25) is 0 Å². The molecule has 0 aliphatic carbocycles. The van der Waals surface area contributed by atoms with Gasteiger partial charge in [-0.25, -0.2) is 0 Å². The molecule has 2 saturated heterocycles. The molecule has 3 heteroatoms. The Kier molecular flexibility index (Phi) is 4.00. The lowest BCUT2D eigenvalue weighted by atomic mass is 9.91. The average Bonchev–Trinajstić information content (AvgIpc) is 2.30. The smallest absolute Gasteiger partial charge is 0.0113 e.